The number of amides is 1. The van der Waals surface area contributed by atoms with E-state index in [0.717, 1.165) is 19.5 Å². The van der Waals surface area contributed by atoms with Crippen LogP contribution in [0.1, 0.15) is 12.0 Å². The third-order valence-corrected chi connectivity index (χ3v) is 3.90. The fourth-order valence-electron chi connectivity index (χ4n) is 2.79. The number of halogens is 1. The topological polar surface area (TPSA) is 41.1 Å². The van der Waals surface area contributed by atoms with Gasteiger partial charge >= 0.3 is 0 Å². The van der Waals surface area contributed by atoms with E-state index in [4.69, 9.17) is 0 Å². The van der Waals surface area contributed by atoms with Crippen molar-refractivity contribution in [3.05, 3.63) is 35.9 Å². The van der Waals surface area contributed by atoms with E-state index >= 15 is 0 Å². The Morgan fingerprint density at radius 3 is 2.56 bits per heavy atom. The second-order valence-electron chi connectivity index (χ2n) is 5.06. The highest BCUT2D eigenvalue weighted by molar-refractivity contribution is 5.85. The van der Waals surface area contributed by atoms with Gasteiger partial charge < -0.3 is 10.6 Å². The lowest BCUT2D eigenvalue weighted by atomic mass is 10.1. The Labute approximate surface area is 114 Å². The highest BCUT2D eigenvalue weighted by Gasteiger charge is 2.53. The molecule has 0 bridgehead atoms. The van der Waals surface area contributed by atoms with Gasteiger partial charge in [0.25, 0.3) is 0 Å². The second-order valence-corrected chi connectivity index (χ2v) is 5.06. The van der Waals surface area contributed by atoms with E-state index in [1.807, 2.05) is 18.2 Å². The number of nitrogens with one attached hydrogen (secondary N) is 2. The van der Waals surface area contributed by atoms with E-state index < -0.39 is 0 Å². The molecule has 1 aliphatic heterocycles. The molecule has 2 atom stereocenters. The molecule has 18 heavy (non-hydrogen) atoms. The van der Waals surface area contributed by atoms with Gasteiger partial charge in [0.2, 0.25) is 5.91 Å². The molecule has 1 saturated heterocycles. The first-order chi connectivity index (χ1) is 8.34. The maximum Gasteiger partial charge on any atom is 0.220 e. The Morgan fingerprint density at radius 1 is 1.22 bits per heavy atom. The molecule has 4 heteroatoms. The van der Waals surface area contributed by atoms with Gasteiger partial charge in [0.15, 0.2) is 0 Å². The number of benzene rings is 1. The molecule has 2 aliphatic rings. The maximum absolute atomic E-state index is 11.8. The SMILES string of the molecule is Cl.O=C(CCc1ccccc1)NC1C2CNCC21. The van der Waals surface area contributed by atoms with Gasteiger partial charge in [0, 0.05) is 25.6 Å². The Morgan fingerprint density at radius 2 is 1.89 bits per heavy atom. The zero-order chi connectivity index (χ0) is 11.7. The summed E-state index contributed by atoms with van der Waals surface area (Å²) >= 11 is 0. The standard InChI is InChI=1S/C14H18N2O.ClH/c17-13(7-6-10-4-2-1-3-5-10)16-14-11-8-15-9-12(11)14;/h1-5,11-12,14-15H,6-9H2,(H,16,17);1H. The fraction of sp³-hybridized carbons (Fsp3) is 0.500. The van der Waals surface area contributed by atoms with Crippen molar-refractivity contribution >= 4 is 18.3 Å². The van der Waals surface area contributed by atoms with E-state index in [1.54, 1.807) is 0 Å². The lowest BCUT2D eigenvalue weighted by Crippen LogP contribution is -2.32. The van der Waals surface area contributed by atoms with E-state index in [0.29, 0.717) is 24.3 Å². The van der Waals surface area contributed by atoms with Crippen LogP contribution in [0.4, 0.5) is 0 Å². The molecule has 1 saturated carbocycles. The molecule has 3 nitrogen and oxygen atoms in total. The highest BCUT2D eigenvalue weighted by atomic mass is 35.5. The largest absolute Gasteiger partial charge is 0.353 e. The molecule has 3 rings (SSSR count). The first kappa shape index (κ1) is 13.4. The van der Waals surface area contributed by atoms with Gasteiger partial charge in [-0.2, -0.15) is 0 Å². The molecule has 1 aliphatic carbocycles. The first-order valence-electron chi connectivity index (χ1n) is 6.38. The maximum atomic E-state index is 11.8. The Bertz CT molecular complexity index is 400. The van der Waals surface area contributed by atoms with E-state index in [9.17, 15) is 4.79 Å². The van der Waals surface area contributed by atoms with E-state index in [-0.39, 0.29) is 18.3 Å². The monoisotopic (exact) mass is 266 g/mol. The Kier molecular flexibility index (Phi) is 4.25. The summed E-state index contributed by atoms with van der Waals surface area (Å²) in [4.78, 5) is 11.8. The summed E-state index contributed by atoms with van der Waals surface area (Å²) in [5.74, 6) is 1.61. The summed E-state index contributed by atoms with van der Waals surface area (Å²) < 4.78 is 0. The highest BCUT2D eigenvalue weighted by Crippen LogP contribution is 2.41. The first-order valence-corrected chi connectivity index (χ1v) is 6.38. The summed E-state index contributed by atoms with van der Waals surface area (Å²) in [6, 6.07) is 10.6. The van der Waals surface area contributed by atoms with Gasteiger partial charge in [0.1, 0.15) is 0 Å². The molecule has 1 aromatic rings. The normalized spacial score (nSPS) is 28.1. The van der Waals surface area contributed by atoms with Crippen molar-refractivity contribution in [2.45, 2.75) is 18.9 Å². The molecular weight excluding hydrogens is 248 g/mol. The van der Waals surface area contributed by atoms with E-state index in [1.165, 1.54) is 5.56 Å². The number of hydrogen-bond acceptors (Lipinski definition) is 2. The van der Waals surface area contributed by atoms with E-state index in [2.05, 4.69) is 22.8 Å². The van der Waals surface area contributed by atoms with Crippen LogP contribution in [0.25, 0.3) is 0 Å². The van der Waals surface area contributed by atoms with Crippen molar-refractivity contribution in [1.82, 2.24) is 10.6 Å². The molecule has 0 radical (unpaired) electrons. The summed E-state index contributed by atoms with van der Waals surface area (Å²) in [5, 5.41) is 6.48. The third-order valence-electron chi connectivity index (χ3n) is 3.90. The smallest absolute Gasteiger partial charge is 0.220 e. The molecule has 98 valence electrons. The van der Waals surface area contributed by atoms with Crippen molar-refractivity contribution in [3.8, 4) is 0 Å². The van der Waals surface area contributed by atoms with Crippen LogP contribution in [-0.2, 0) is 11.2 Å². The Hall–Kier alpha value is -1.06. The van der Waals surface area contributed by atoms with Gasteiger partial charge in [-0.25, -0.2) is 0 Å². The van der Waals surface area contributed by atoms with Crippen LogP contribution in [0.2, 0.25) is 0 Å². The zero-order valence-electron chi connectivity index (χ0n) is 10.3. The van der Waals surface area contributed by atoms with Crippen LogP contribution in [0.3, 0.4) is 0 Å². The molecular formula is C14H19ClN2O. The predicted molar refractivity (Wildman–Crippen MR) is 73.8 cm³/mol. The minimum atomic E-state index is 0. The fourth-order valence-corrected chi connectivity index (χ4v) is 2.79. The number of fused-ring (bicyclic) bond motifs is 1. The molecule has 0 aromatic heterocycles. The number of piperidine rings is 1. The van der Waals surface area contributed by atoms with Crippen molar-refractivity contribution in [1.29, 1.82) is 0 Å². The summed E-state index contributed by atoms with van der Waals surface area (Å²) in [7, 11) is 0. The summed E-state index contributed by atoms with van der Waals surface area (Å²) in [6.45, 7) is 2.16. The minimum absolute atomic E-state index is 0. The van der Waals surface area contributed by atoms with Crippen LogP contribution in [0, 0.1) is 11.8 Å². The number of aryl methyl sites for hydroxylation is 1. The number of carbonyl (C=O) groups is 1. The second kappa shape index (κ2) is 5.72. The number of hydrogen-bond donors (Lipinski definition) is 2. The lowest BCUT2D eigenvalue weighted by molar-refractivity contribution is -0.121. The average Bonchev–Trinajstić information content (AvgIpc) is 2.79. The molecule has 2 N–H and O–H groups in total. The van der Waals surface area contributed by atoms with Gasteiger partial charge in [-0.3, -0.25) is 4.79 Å². The van der Waals surface area contributed by atoms with Crippen LogP contribution >= 0.6 is 12.4 Å². The molecule has 1 amide bonds. The third kappa shape index (κ3) is 2.85. The molecule has 2 fully saturated rings. The average molecular weight is 267 g/mol. The van der Waals surface area contributed by atoms with Crippen molar-refractivity contribution in [3.63, 3.8) is 0 Å². The van der Waals surface area contributed by atoms with Crippen LogP contribution < -0.4 is 10.6 Å². The number of rotatable bonds is 4. The quantitative estimate of drug-likeness (QED) is 0.864. The van der Waals surface area contributed by atoms with Gasteiger partial charge in [-0.15, -0.1) is 12.4 Å². The summed E-state index contributed by atoms with van der Waals surface area (Å²) in [5.41, 5.74) is 1.24. The van der Waals surface area contributed by atoms with Gasteiger partial charge in [0.05, 0.1) is 0 Å². The lowest BCUT2D eigenvalue weighted by Gasteiger charge is -2.07. The van der Waals surface area contributed by atoms with Crippen molar-refractivity contribution in [2.75, 3.05) is 13.1 Å². The van der Waals surface area contributed by atoms with Crippen LogP contribution in [0.15, 0.2) is 30.3 Å². The van der Waals surface area contributed by atoms with Gasteiger partial charge in [-0.1, -0.05) is 30.3 Å². The molecule has 1 heterocycles. The zero-order valence-corrected chi connectivity index (χ0v) is 11.1. The van der Waals surface area contributed by atoms with Crippen LogP contribution in [-0.4, -0.2) is 25.0 Å². The molecule has 0 spiro atoms. The minimum Gasteiger partial charge on any atom is -0.353 e. The Balaban J connectivity index is 0.00000120. The number of carbonyl (C=O) groups excluding carboxylic acids is 1. The summed E-state index contributed by atoms with van der Waals surface area (Å²) in [6.07, 6.45) is 1.44. The molecule has 1 aromatic carbocycles. The predicted octanol–water partition coefficient (Wildman–Crippen LogP) is 1.37. The van der Waals surface area contributed by atoms with Crippen molar-refractivity contribution < 1.29 is 4.79 Å². The molecule has 2 unspecified atom stereocenters. The van der Waals surface area contributed by atoms with Crippen LogP contribution in [0.5, 0.6) is 0 Å². The van der Waals surface area contributed by atoms with Crippen molar-refractivity contribution in [2.24, 2.45) is 11.8 Å². The van der Waals surface area contributed by atoms with Gasteiger partial charge in [-0.05, 0) is 23.8 Å².